The number of anilines is 1. The molecule has 0 N–H and O–H groups in total. The van der Waals surface area contributed by atoms with Gasteiger partial charge in [-0.25, -0.2) is 0 Å². The van der Waals surface area contributed by atoms with Crippen molar-refractivity contribution in [2.24, 2.45) is 5.10 Å². The molecule has 0 saturated heterocycles. The Morgan fingerprint density at radius 2 is 1.33 bits per heavy atom. The number of para-hydroxylation sites is 1. The molecular weight excluding hydrogens is 328 g/mol. The molecule has 1 aliphatic rings. The van der Waals surface area contributed by atoms with Crippen LogP contribution in [0.15, 0.2) is 108 Å². The van der Waals surface area contributed by atoms with E-state index in [1.165, 1.54) is 21.9 Å². The van der Waals surface area contributed by atoms with Gasteiger partial charge >= 0.3 is 0 Å². The highest BCUT2D eigenvalue weighted by atomic mass is 15.5. The Morgan fingerprint density at radius 1 is 0.667 bits per heavy atom. The Morgan fingerprint density at radius 3 is 2.15 bits per heavy atom. The fourth-order valence-electron chi connectivity index (χ4n) is 3.90. The Bertz CT molecular complexity index is 1100. The molecule has 1 aliphatic heterocycles. The largest absolute Gasteiger partial charge is 0.257 e. The van der Waals surface area contributed by atoms with Gasteiger partial charge in [0.25, 0.3) is 0 Å². The van der Waals surface area contributed by atoms with E-state index in [2.05, 4.69) is 102 Å². The molecule has 0 bridgehead atoms. The highest BCUT2D eigenvalue weighted by molar-refractivity contribution is 6.12. The van der Waals surface area contributed by atoms with Crippen LogP contribution in [0.1, 0.15) is 23.6 Å². The zero-order valence-electron chi connectivity index (χ0n) is 15.0. The van der Waals surface area contributed by atoms with E-state index in [-0.39, 0.29) is 6.04 Å². The molecule has 1 atom stereocenters. The van der Waals surface area contributed by atoms with Crippen LogP contribution in [0.5, 0.6) is 0 Å². The van der Waals surface area contributed by atoms with Gasteiger partial charge in [-0.1, -0.05) is 91.0 Å². The molecule has 0 saturated carbocycles. The first-order valence-corrected chi connectivity index (χ1v) is 9.35. The molecule has 1 heterocycles. The lowest BCUT2D eigenvalue weighted by molar-refractivity contribution is 0.709. The zero-order chi connectivity index (χ0) is 18.1. The average Bonchev–Trinajstić information content (AvgIpc) is 3.20. The summed E-state index contributed by atoms with van der Waals surface area (Å²) in [4.78, 5) is 0. The Kier molecular flexibility index (Phi) is 3.95. The van der Waals surface area contributed by atoms with Crippen molar-refractivity contribution in [2.75, 3.05) is 5.01 Å². The summed E-state index contributed by atoms with van der Waals surface area (Å²) in [5.74, 6) is 0. The first kappa shape index (κ1) is 15.8. The summed E-state index contributed by atoms with van der Waals surface area (Å²) >= 11 is 0. The zero-order valence-corrected chi connectivity index (χ0v) is 15.0. The van der Waals surface area contributed by atoms with Crippen LogP contribution in [0, 0.1) is 0 Å². The number of nitrogens with zero attached hydrogens (tertiary/aromatic N) is 2. The lowest BCUT2D eigenvalue weighted by Gasteiger charge is -2.23. The van der Waals surface area contributed by atoms with Crippen molar-refractivity contribution < 1.29 is 0 Å². The topological polar surface area (TPSA) is 15.6 Å². The summed E-state index contributed by atoms with van der Waals surface area (Å²) in [7, 11) is 0. The molecule has 2 nitrogen and oxygen atoms in total. The SMILES string of the molecule is c1ccc(C2CC(c3cccc4ccccc34)=NN2c2ccccc2)cc1. The van der Waals surface area contributed by atoms with Crippen molar-refractivity contribution in [1.82, 2.24) is 0 Å². The third-order valence-corrected chi connectivity index (χ3v) is 5.22. The van der Waals surface area contributed by atoms with Gasteiger partial charge in [0.15, 0.2) is 0 Å². The number of rotatable bonds is 3. The molecule has 0 spiro atoms. The highest BCUT2D eigenvalue weighted by Crippen LogP contribution is 2.37. The van der Waals surface area contributed by atoms with Crippen LogP contribution in [0.2, 0.25) is 0 Å². The molecule has 0 amide bonds. The molecule has 130 valence electrons. The van der Waals surface area contributed by atoms with Crippen molar-refractivity contribution in [3.8, 4) is 0 Å². The second kappa shape index (κ2) is 6.73. The minimum Gasteiger partial charge on any atom is -0.257 e. The molecule has 0 fully saturated rings. The first-order chi connectivity index (χ1) is 13.4. The lowest BCUT2D eigenvalue weighted by atomic mass is 9.95. The minimum atomic E-state index is 0.211. The predicted octanol–water partition coefficient (Wildman–Crippen LogP) is 6.20. The number of hydrogen-bond donors (Lipinski definition) is 0. The summed E-state index contributed by atoms with van der Waals surface area (Å²) < 4.78 is 0. The van der Waals surface area contributed by atoms with E-state index >= 15 is 0 Å². The molecule has 1 unspecified atom stereocenters. The van der Waals surface area contributed by atoms with E-state index in [0.29, 0.717) is 0 Å². The van der Waals surface area contributed by atoms with Crippen molar-refractivity contribution in [2.45, 2.75) is 12.5 Å². The maximum absolute atomic E-state index is 5.09. The Balaban J connectivity index is 1.63. The molecule has 4 aromatic rings. The van der Waals surface area contributed by atoms with E-state index in [4.69, 9.17) is 5.10 Å². The van der Waals surface area contributed by atoms with Gasteiger partial charge in [-0.05, 0) is 28.5 Å². The van der Waals surface area contributed by atoms with Crippen LogP contribution in [0.3, 0.4) is 0 Å². The summed E-state index contributed by atoms with van der Waals surface area (Å²) in [6.07, 6.45) is 0.896. The summed E-state index contributed by atoms with van der Waals surface area (Å²) in [6, 6.07) is 36.4. The quantitative estimate of drug-likeness (QED) is 0.431. The summed E-state index contributed by atoms with van der Waals surface area (Å²) in [5, 5.41) is 9.78. The third kappa shape index (κ3) is 2.89. The molecule has 27 heavy (non-hydrogen) atoms. The minimum absolute atomic E-state index is 0.211. The van der Waals surface area contributed by atoms with Gasteiger partial charge in [-0.15, -0.1) is 0 Å². The lowest BCUT2D eigenvalue weighted by Crippen LogP contribution is -2.18. The van der Waals surface area contributed by atoms with Crippen LogP contribution in [-0.4, -0.2) is 5.71 Å². The molecular formula is C25H20N2. The van der Waals surface area contributed by atoms with E-state index < -0.39 is 0 Å². The Labute approximate surface area is 159 Å². The van der Waals surface area contributed by atoms with Crippen LogP contribution in [0.25, 0.3) is 10.8 Å². The summed E-state index contributed by atoms with van der Waals surface area (Å²) in [5.41, 5.74) is 4.79. The maximum Gasteiger partial charge on any atom is 0.0831 e. The second-order valence-corrected chi connectivity index (χ2v) is 6.88. The van der Waals surface area contributed by atoms with E-state index in [1.807, 2.05) is 6.07 Å². The van der Waals surface area contributed by atoms with Crippen LogP contribution < -0.4 is 5.01 Å². The maximum atomic E-state index is 5.09. The average molecular weight is 348 g/mol. The van der Waals surface area contributed by atoms with Gasteiger partial charge in [0, 0.05) is 12.0 Å². The van der Waals surface area contributed by atoms with Gasteiger partial charge in [0.1, 0.15) is 0 Å². The molecule has 0 aromatic heterocycles. The second-order valence-electron chi connectivity index (χ2n) is 6.88. The first-order valence-electron chi connectivity index (χ1n) is 9.35. The molecule has 0 radical (unpaired) electrons. The number of hydrogen-bond acceptors (Lipinski definition) is 2. The molecule has 2 heteroatoms. The van der Waals surface area contributed by atoms with Crippen molar-refractivity contribution in [1.29, 1.82) is 0 Å². The summed E-state index contributed by atoms with van der Waals surface area (Å²) in [6.45, 7) is 0. The highest BCUT2D eigenvalue weighted by Gasteiger charge is 2.30. The number of benzene rings is 4. The van der Waals surface area contributed by atoms with Gasteiger partial charge < -0.3 is 0 Å². The smallest absolute Gasteiger partial charge is 0.0831 e. The van der Waals surface area contributed by atoms with E-state index in [9.17, 15) is 0 Å². The standard InChI is InChI=1S/C25H20N2/c1-3-11-20(12-4-1)25-18-24(26-27(25)21-14-5-2-6-15-21)23-17-9-13-19-10-7-8-16-22(19)23/h1-17,25H,18H2. The number of fused-ring (bicyclic) bond motifs is 1. The van der Waals surface area contributed by atoms with Crippen molar-refractivity contribution in [3.63, 3.8) is 0 Å². The third-order valence-electron chi connectivity index (χ3n) is 5.22. The van der Waals surface area contributed by atoms with Crippen LogP contribution in [-0.2, 0) is 0 Å². The molecule has 0 aliphatic carbocycles. The Hall–Kier alpha value is -3.39. The van der Waals surface area contributed by atoms with Gasteiger partial charge in [-0.3, -0.25) is 5.01 Å². The van der Waals surface area contributed by atoms with Crippen LogP contribution in [0.4, 0.5) is 5.69 Å². The van der Waals surface area contributed by atoms with Gasteiger partial charge in [-0.2, -0.15) is 5.10 Å². The molecule has 4 aromatic carbocycles. The van der Waals surface area contributed by atoms with E-state index in [1.54, 1.807) is 0 Å². The van der Waals surface area contributed by atoms with E-state index in [0.717, 1.165) is 17.8 Å². The fraction of sp³-hybridized carbons (Fsp3) is 0.0800. The van der Waals surface area contributed by atoms with Gasteiger partial charge in [0.2, 0.25) is 0 Å². The van der Waals surface area contributed by atoms with Crippen molar-refractivity contribution >= 4 is 22.2 Å². The van der Waals surface area contributed by atoms with Crippen molar-refractivity contribution in [3.05, 3.63) is 114 Å². The van der Waals surface area contributed by atoms with Gasteiger partial charge in [0.05, 0.1) is 17.4 Å². The van der Waals surface area contributed by atoms with Crippen LogP contribution >= 0.6 is 0 Å². The molecule has 5 rings (SSSR count). The monoisotopic (exact) mass is 348 g/mol. The predicted molar refractivity (Wildman–Crippen MR) is 113 cm³/mol. The fourth-order valence-corrected chi connectivity index (χ4v) is 3.90. The number of hydrazone groups is 1. The normalized spacial score (nSPS) is 16.5.